The molecule has 1 unspecified atom stereocenters. The minimum absolute atomic E-state index is 0.0777. The van der Waals surface area contributed by atoms with Crippen LogP contribution in [0.2, 0.25) is 0 Å². The number of aromatic amines is 1. The maximum Gasteiger partial charge on any atom is 0.273 e. The van der Waals surface area contributed by atoms with Crippen LogP contribution in [0.3, 0.4) is 0 Å². The third kappa shape index (κ3) is 4.13. The summed E-state index contributed by atoms with van der Waals surface area (Å²) in [6.07, 6.45) is 1.66. The van der Waals surface area contributed by atoms with Crippen molar-refractivity contribution in [2.45, 2.75) is 39.7 Å². The van der Waals surface area contributed by atoms with Crippen molar-refractivity contribution in [3.05, 3.63) is 99.7 Å². The zero-order valence-corrected chi connectivity index (χ0v) is 21.1. The van der Waals surface area contributed by atoms with Crippen molar-refractivity contribution < 1.29 is 14.6 Å². The van der Waals surface area contributed by atoms with E-state index >= 15 is 0 Å². The molecule has 0 saturated heterocycles. The number of nitrogens with zero attached hydrogens (tertiary/aromatic N) is 2. The number of benzene rings is 3. The molecule has 0 bridgehead atoms. The molecule has 4 aromatic rings. The number of H-pyrrole nitrogens is 1. The van der Waals surface area contributed by atoms with Crippen molar-refractivity contribution in [2.24, 2.45) is 0 Å². The van der Waals surface area contributed by atoms with Crippen LogP contribution < -0.4 is 4.74 Å². The van der Waals surface area contributed by atoms with E-state index < -0.39 is 0 Å². The van der Waals surface area contributed by atoms with Crippen LogP contribution in [0.1, 0.15) is 56.8 Å². The Labute approximate surface area is 211 Å². The number of ether oxygens (including phenoxy) is 1. The van der Waals surface area contributed by atoms with Crippen molar-refractivity contribution in [1.82, 2.24) is 15.1 Å². The van der Waals surface area contributed by atoms with E-state index in [0.717, 1.165) is 40.0 Å². The van der Waals surface area contributed by atoms with Crippen LogP contribution in [0.5, 0.6) is 11.5 Å². The van der Waals surface area contributed by atoms with Crippen LogP contribution in [0.4, 0.5) is 0 Å². The second-order valence-electron chi connectivity index (χ2n) is 9.43. The molecular formula is C30H31N3O3. The van der Waals surface area contributed by atoms with Gasteiger partial charge in [-0.2, -0.15) is 5.10 Å². The average molecular weight is 482 g/mol. The third-order valence-electron chi connectivity index (χ3n) is 7.06. The first kappa shape index (κ1) is 23.7. The molecule has 36 heavy (non-hydrogen) atoms. The molecule has 184 valence electrons. The number of phenolic OH excluding ortho intramolecular Hbond substituents is 1. The van der Waals surface area contributed by atoms with Gasteiger partial charge < -0.3 is 14.7 Å². The number of phenols is 1. The summed E-state index contributed by atoms with van der Waals surface area (Å²) in [7, 11) is 1.65. The number of amides is 1. The molecule has 0 saturated carbocycles. The quantitative estimate of drug-likeness (QED) is 0.352. The molecule has 0 fully saturated rings. The lowest BCUT2D eigenvalue weighted by Crippen LogP contribution is -2.31. The van der Waals surface area contributed by atoms with Gasteiger partial charge in [0.25, 0.3) is 5.91 Å². The summed E-state index contributed by atoms with van der Waals surface area (Å²) in [5.41, 5.74) is 7.90. The Hall–Kier alpha value is -4.06. The van der Waals surface area contributed by atoms with Gasteiger partial charge in [0.2, 0.25) is 0 Å². The van der Waals surface area contributed by atoms with E-state index in [2.05, 4.69) is 41.4 Å². The Morgan fingerprint density at radius 1 is 1.03 bits per heavy atom. The molecular weight excluding hydrogens is 450 g/mol. The number of aryl methyl sites for hydroxylation is 3. The summed E-state index contributed by atoms with van der Waals surface area (Å²) >= 11 is 0. The summed E-state index contributed by atoms with van der Waals surface area (Å²) in [6, 6.07) is 19.9. The van der Waals surface area contributed by atoms with Crippen molar-refractivity contribution in [3.8, 4) is 22.8 Å². The first-order valence-corrected chi connectivity index (χ1v) is 12.3. The predicted molar refractivity (Wildman–Crippen MR) is 141 cm³/mol. The fourth-order valence-electron chi connectivity index (χ4n) is 5.20. The van der Waals surface area contributed by atoms with Crippen LogP contribution >= 0.6 is 0 Å². The zero-order valence-electron chi connectivity index (χ0n) is 21.1. The number of fused-ring (bicyclic) bond motifs is 1. The van der Waals surface area contributed by atoms with Crippen LogP contribution in [-0.2, 0) is 12.8 Å². The second-order valence-corrected chi connectivity index (χ2v) is 9.43. The number of hydrogen-bond acceptors (Lipinski definition) is 4. The highest BCUT2D eigenvalue weighted by molar-refractivity contribution is 6.00. The van der Waals surface area contributed by atoms with Crippen LogP contribution in [-0.4, -0.2) is 39.8 Å². The van der Waals surface area contributed by atoms with Crippen molar-refractivity contribution in [3.63, 3.8) is 0 Å². The summed E-state index contributed by atoms with van der Waals surface area (Å²) in [4.78, 5) is 15.6. The van der Waals surface area contributed by atoms with Crippen molar-refractivity contribution in [1.29, 1.82) is 0 Å². The molecule has 2 N–H and O–H groups in total. The molecule has 1 atom stereocenters. The topological polar surface area (TPSA) is 78.5 Å². The summed E-state index contributed by atoms with van der Waals surface area (Å²) in [5.74, 6) is 0.904. The Kier molecular flexibility index (Phi) is 6.27. The van der Waals surface area contributed by atoms with Gasteiger partial charge in [-0.1, -0.05) is 49.4 Å². The van der Waals surface area contributed by atoms with Gasteiger partial charge in [0.05, 0.1) is 13.2 Å². The van der Waals surface area contributed by atoms with Crippen LogP contribution in [0, 0.1) is 13.8 Å². The molecule has 2 heterocycles. The Morgan fingerprint density at radius 3 is 2.36 bits per heavy atom. The van der Waals surface area contributed by atoms with Gasteiger partial charge in [-0.3, -0.25) is 9.89 Å². The SMILES string of the molecule is CCc1ccc(C2c3c(-c4c(C)cc(C)cc4O)n[nH]c3C(=O)N2CCc2ccc(OC)cc2)cc1. The highest BCUT2D eigenvalue weighted by Gasteiger charge is 2.42. The maximum absolute atomic E-state index is 13.7. The Balaban J connectivity index is 1.58. The fourth-order valence-corrected chi connectivity index (χ4v) is 5.20. The van der Waals surface area contributed by atoms with E-state index in [1.54, 1.807) is 13.2 Å². The first-order valence-electron chi connectivity index (χ1n) is 12.3. The summed E-state index contributed by atoms with van der Waals surface area (Å²) in [6.45, 7) is 6.59. The first-order chi connectivity index (χ1) is 17.4. The minimum Gasteiger partial charge on any atom is -0.507 e. The van der Waals surface area contributed by atoms with Gasteiger partial charge in [0.15, 0.2) is 0 Å². The molecule has 1 aromatic heterocycles. The van der Waals surface area contributed by atoms with Crippen molar-refractivity contribution >= 4 is 5.91 Å². The summed E-state index contributed by atoms with van der Waals surface area (Å²) < 4.78 is 5.28. The van der Waals surface area contributed by atoms with Gasteiger partial charge >= 0.3 is 0 Å². The van der Waals surface area contributed by atoms with Crippen molar-refractivity contribution in [2.75, 3.05) is 13.7 Å². The standard InChI is InChI=1S/C30H31N3O3/c1-5-20-6-10-22(11-7-20)29-26-27(25-19(3)16-18(2)17-24(25)34)31-32-28(26)30(35)33(29)15-14-21-8-12-23(36-4)13-9-21/h6-13,16-17,29,34H,5,14-15H2,1-4H3,(H,31,32). The number of carbonyl (C=O) groups excluding carboxylic acids is 1. The largest absolute Gasteiger partial charge is 0.507 e. The van der Waals surface area contributed by atoms with Crippen LogP contribution in [0.25, 0.3) is 11.3 Å². The Morgan fingerprint density at radius 2 is 1.72 bits per heavy atom. The molecule has 6 heteroatoms. The predicted octanol–water partition coefficient (Wildman–Crippen LogP) is 5.76. The highest BCUT2D eigenvalue weighted by Crippen LogP contribution is 2.45. The minimum atomic E-state index is -0.300. The number of aromatic hydroxyl groups is 1. The number of aromatic nitrogens is 2. The molecule has 1 aliphatic heterocycles. The highest BCUT2D eigenvalue weighted by atomic mass is 16.5. The van der Waals surface area contributed by atoms with E-state index in [-0.39, 0.29) is 17.7 Å². The average Bonchev–Trinajstić information content (AvgIpc) is 3.41. The second kappa shape index (κ2) is 9.53. The van der Waals surface area contributed by atoms with Gasteiger partial charge in [-0.25, -0.2) is 0 Å². The van der Waals surface area contributed by atoms with Gasteiger partial charge in [-0.15, -0.1) is 0 Å². The third-order valence-corrected chi connectivity index (χ3v) is 7.06. The molecule has 0 spiro atoms. The molecule has 1 aliphatic rings. The fraction of sp³-hybridized carbons (Fsp3) is 0.267. The normalized spacial score (nSPS) is 14.8. The zero-order chi connectivity index (χ0) is 25.4. The lowest BCUT2D eigenvalue weighted by molar-refractivity contribution is 0.0746. The van der Waals surface area contributed by atoms with E-state index in [0.29, 0.717) is 29.9 Å². The molecule has 6 nitrogen and oxygen atoms in total. The van der Waals surface area contributed by atoms with Gasteiger partial charge in [0, 0.05) is 17.7 Å². The number of rotatable bonds is 7. The lowest BCUT2D eigenvalue weighted by Gasteiger charge is -2.27. The van der Waals surface area contributed by atoms with Gasteiger partial charge in [0.1, 0.15) is 22.9 Å². The Bertz CT molecular complexity index is 1380. The lowest BCUT2D eigenvalue weighted by atomic mass is 9.92. The number of hydrogen-bond donors (Lipinski definition) is 2. The van der Waals surface area contributed by atoms with E-state index in [1.807, 2.05) is 49.1 Å². The van der Waals surface area contributed by atoms with Crippen LogP contribution in [0.15, 0.2) is 60.7 Å². The number of nitrogens with one attached hydrogen (secondary N) is 1. The molecule has 1 amide bonds. The monoisotopic (exact) mass is 481 g/mol. The number of methoxy groups -OCH3 is 1. The number of carbonyl (C=O) groups is 1. The van der Waals surface area contributed by atoms with E-state index in [9.17, 15) is 9.90 Å². The van der Waals surface area contributed by atoms with Gasteiger partial charge in [-0.05, 0) is 72.7 Å². The summed E-state index contributed by atoms with van der Waals surface area (Å²) in [5, 5.41) is 18.4. The van der Waals surface area contributed by atoms with E-state index in [1.165, 1.54) is 5.56 Å². The maximum atomic E-state index is 13.7. The van der Waals surface area contributed by atoms with E-state index in [4.69, 9.17) is 4.74 Å². The molecule has 0 radical (unpaired) electrons. The smallest absolute Gasteiger partial charge is 0.273 e. The molecule has 0 aliphatic carbocycles. The molecule has 5 rings (SSSR count). The molecule has 3 aromatic carbocycles.